The number of rotatable bonds is 8. The molecule has 1 N–H and O–H groups in total. The first-order valence-electron chi connectivity index (χ1n) is 10.4. The Morgan fingerprint density at radius 2 is 1.77 bits per heavy atom. The quantitative estimate of drug-likeness (QED) is 0.674. The van der Waals surface area contributed by atoms with Crippen molar-refractivity contribution in [2.45, 2.75) is 31.6 Å². The van der Waals surface area contributed by atoms with Gasteiger partial charge >= 0.3 is 5.97 Å². The summed E-state index contributed by atoms with van der Waals surface area (Å²) in [7, 11) is 0. The van der Waals surface area contributed by atoms with Crippen molar-refractivity contribution in [2.24, 2.45) is 5.92 Å². The Morgan fingerprint density at radius 3 is 2.40 bits per heavy atom. The van der Waals surface area contributed by atoms with E-state index in [4.69, 9.17) is 9.47 Å². The number of esters is 1. The van der Waals surface area contributed by atoms with E-state index in [-0.39, 0.29) is 30.8 Å². The van der Waals surface area contributed by atoms with Gasteiger partial charge < -0.3 is 14.8 Å². The van der Waals surface area contributed by atoms with Crippen LogP contribution in [0, 0.1) is 11.7 Å². The summed E-state index contributed by atoms with van der Waals surface area (Å²) in [5.41, 5.74) is 0.974. The molecule has 160 valence electrons. The molecule has 1 fully saturated rings. The highest BCUT2D eigenvalue weighted by Gasteiger charge is 2.42. The first-order valence-corrected chi connectivity index (χ1v) is 10.4. The smallest absolute Gasteiger partial charge is 0.311 e. The summed E-state index contributed by atoms with van der Waals surface area (Å²) in [6.45, 7) is 3.14. The number of hydrogen-bond acceptors (Lipinski definition) is 4. The summed E-state index contributed by atoms with van der Waals surface area (Å²) in [4.78, 5) is 25.8. The minimum absolute atomic E-state index is 0.167. The molecule has 5 nitrogen and oxygen atoms in total. The van der Waals surface area contributed by atoms with Crippen molar-refractivity contribution < 1.29 is 23.5 Å². The summed E-state index contributed by atoms with van der Waals surface area (Å²) in [5.74, 6) is -1.32. The number of nitrogens with one attached hydrogen (secondary N) is 1. The monoisotopic (exact) mass is 413 g/mol. The van der Waals surface area contributed by atoms with Crippen molar-refractivity contribution >= 4 is 11.9 Å². The van der Waals surface area contributed by atoms with Crippen LogP contribution in [0.2, 0.25) is 0 Å². The van der Waals surface area contributed by atoms with E-state index in [0.717, 1.165) is 11.1 Å². The van der Waals surface area contributed by atoms with E-state index < -0.39 is 11.3 Å². The minimum atomic E-state index is -0.794. The normalized spacial score (nSPS) is 16.5. The Kier molecular flexibility index (Phi) is 7.57. The number of ether oxygens (including phenoxy) is 2. The molecule has 1 aliphatic rings. The molecular formula is C24H28FNO4. The van der Waals surface area contributed by atoms with Crippen molar-refractivity contribution in [3.8, 4) is 0 Å². The second-order valence-electron chi connectivity index (χ2n) is 7.55. The van der Waals surface area contributed by atoms with E-state index in [1.165, 1.54) is 12.1 Å². The number of halogens is 1. The molecule has 0 saturated carbocycles. The van der Waals surface area contributed by atoms with Gasteiger partial charge in [-0.05, 0) is 49.4 Å². The van der Waals surface area contributed by atoms with Crippen molar-refractivity contribution in [1.82, 2.24) is 5.32 Å². The maximum atomic E-state index is 13.4. The SMILES string of the molecule is CCOC(=O)C(CNC(=O)C1(c2ccc(F)cc2)CCOCC1)Cc1ccccc1. The van der Waals surface area contributed by atoms with Gasteiger partial charge in [-0.3, -0.25) is 9.59 Å². The van der Waals surface area contributed by atoms with E-state index in [1.807, 2.05) is 30.3 Å². The molecule has 0 aromatic heterocycles. The molecule has 0 bridgehead atoms. The summed E-state index contributed by atoms with van der Waals surface area (Å²) < 4.78 is 24.1. The second kappa shape index (κ2) is 10.3. The number of carbonyl (C=O) groups is 2. The summed E-state index contributed by atoms with van der Waals surface area (Å²) in [5, 5.41) is 2.98. The Balaban J connectivity index is 1.76. The molecule has 1 heterocycles. The van der Waals surface area contributed by atoms with E-state index in [0.29, 0.717) is 32.5 Å². The fourth-order valence-corrected chi connectivity index (χ4v) is 3.92. The average Bonchev–Trinajstić information content (AvgIpc) is 2.78. The van der Waals surface area contributed by atoms with E-state index in [9.17, 15) is 14.0 Å². The van der Waals surface area contributed by atoms with Crippen LogP contribution >= 0.6 is 0 Å². The van der Waals surface area contributed by atoms with Crippen LogP contribution in [0.1, 0.15) is 30.9 Å². The molecule has 1 atom stereocenters. The fraction of sp³-hybridized carbons (Fsp3) is 0.417. The maximum Gasteiger partial charge on any atom is 0.311 e. The number of hydrogen-bond donors (Lipinski definition) is 1. The summed E-state index contributed by atoms with van der Waals surface area (Å²) in [6.07, 6.45) is 1.49. The molecule has 30 heavy (non-hydrogen) atoms. The Labute approximate surface area is 176 Å². The lowest BCUT2D eigenvalue weighted by Crippen LogP contribution is -2.49. The molecule has 2 aromatic rings. The number of carbonyl (C=O) groups excluding carboxylic acids is 2. The third kappa shape index (κ3) is 5.25. The maximum absolute atomic E-state index is 13.4. The molecule has 3 rings (SSSR count). The van der Waals surface area contributed by atoms with Gasteiger partial charge in [-0.15, -0.1) is 0 Å². The van der Waals surface area contributed by atoms with Gasteiger partial charge in [-0.1, -0.05) is 42.5 Å². The topological polar surface area (TPSA) is 64.6 Å². The number of amides is 1. The molecule has 6 heteroatoms. The molecule has 0 aliphatic carbocycles. The Bertz CT molecular complexity index is 832. The molecule has 1 amide bonds. The van der Waals surface area contributed by atoms with E-state index in [2.05, 4.69) is 5.32 Å². The highest BCUT2D eigenvalue weighted by molar-refractivity contribution is 5.88. The van der Waals surface area contributed by atoms with Gasteiger partial charge in [0.1, 0.15) is 5.82 Å². The lowest BCUT2D eigenvalue weighted by atomic mass is 9.73. The second-order valence-corrected chi connectivity index (χ2v) is 7.55. The highest BCUT2D eigenvalue weighted by atomic mass is 19.1. The molecule has 1 saturated heterocycles. The van der Waals surface area contributed by atoms with Crippen LogP contribution in [0.5, 0.6) is 0 Å². The number of benzene rings is 2. The lowest BCUT2D eigenvalue weighted by molar-refractivity contribution is -0.148. The zero-order valence-electron chi connectivity index (χ0n) is 17.2. The molecule has 1 aliphatic heterocycles. The zero-order chi connectivity index (χ0) is 21.4. The standard InChI is InChI=1S/C24H28FNO4/c1-2-30-22(27)19(16-18-6-4-3-5-7-18)17-26-23(28)24(12-14-29-15-13-24)20-8-10-21(25)11-9-20/h3-11,19H,2,12-17H2,1H3,(H,26,28). The van der Waals surface area contributed by atoms with Crippen molar-refractivity contribution in [3.63, 3.8) is 0 Å². The van der Waals surface area contributed by atoms with Gasteiger partial charge in [-0.25, -0.2) is 4.39 Å². The van der Waals surface area contributed by atoms with E-state index >= 15 is 0 Å². The molecule has 0 radical (unpaired) electrons. The molecule has 1 unspecified atom stereocenters. The van der Waals surface area contributed by atoms with Crippen LogP contribution < -0.4 is 5.32 Å². The van der Waals surface area contributed by atoms with Crippen molar-refractivity contribution in [2.75, 3.05) is 26.4 Å². The summed E-state index contributed by atoms with van der Waals surface area (Å²) in [6, 6.07) is 15.7. The van der Waals surface area contributed by atoms with Crippen LogP contribution in [-0.2, 0) is 30.9 Å². The zero-order valence-corrected chi connectivity index (χ0v) is 17.2. The van der Waals surface area contributed by atoms with Gasteiger partial charge in [0.25, 0.3) is 0 Å². The highest BCUT2D eigenvalue weighted by Crippen LogP contribution is 2.35. The van der Waals surface area contributed by atoms with Gasteiger partial charge in [0, 0.05) is 19.8 Å². The minimum Gasteiger partial charge on any atom is -0.466 e. The van der Waals surface area contributed by atoms with Crippen LogP contribution in [0.15, 0.2) is 54.6 Å². The predicted octanol–water partition coefficient (Wildman–Crippen LogP) is 3.41. The Hall–Kier alpha value is -2.73. The van der Waals surface area contributed by atoms with E-state index in [1.54, 1.807) is 19.1 Å². The average molecular weight is 413 g/mol. The first kappa shape index (κ1) is 22.0. The van der Waals surface area contributed by atoms with Crippen LogP contribution in [-0.4, -0.2) is 38.2 Å². The first-order chi connectivity index (χ1) is 14.5. The van der Waals surface area contributed by atoms with Crippen LogP contribution in [0.4, 0.5) is 4.39 Å². The molecular weight excluding hydrogens is 385 g/mol. The predicted molar refractivity (Wildman–Crippen MR) is 111 cm³/mol. The molecule has 0 spiro atoms. The van der Waals surface area contributed by atoms with Gasteiger partial charge in [-0.2, -0.15) is 0 Å². The largest absolute Gasteiger partial charge is 0.466 e. The van der Waals surface area contributed by atoms with Gasteiger partial charge in [0.05, 0.1) is 17.9 Å². The van der Waals surface area contributed by atoms with Crippen molar-refractivity contribution in [3.05, 3.63) is 71.5 Å². The van der Waals surface area contributed by atoms with Gasteiger partial charge in [0.2, 0.25) is 5.91 Å². The van der Waals surface area contributed by atoms with Crippen molar-refractivity contribution in [1.29, 1.82) is 0 Å². The third-order valence-corrected chi connectivity index (χ3v) is 5.63. The van der Waals surface area contributed by atoms with Crippen LogP contribution in [0.25, 0.3) is 0 Å². The van der Waals surface area contributed by atoms with Gasteiger partial charge in [0.15, 0.2) is 0 Å². The molecule has 2 aromatic carbocycles. The fourth-order valence-electron chi connectivity index (χ4n) is 3.92. The summed E-state index contributed by atoms with van der Waals surface area (Å²) >= 11 is 0. The third-order valence-electron chi connectivity index (χ3n) is 5.63. The lowest BCUT2D eigenvalue weighted by Gasteiger charge is -2.36. The Morgan fingerprint density at radius 1 is 1.10 bits per heavy atom. The van der Waals surface area contributed by atoms with Crippen LogP contribution in [0.3, 0.4) is 0 Å².